The summed E-state index contributed by atoms with van der Waals surface area (Å²) in [5.74, 6) is 1.19. The van der Waals surface area contributed by atoms with E-state index in [0.29, 0.717) is 11.2 Å². The van der Waals surface area contributed by atoms with Gasteiger partial charge in [0.1, 0.15) is 5.78 Å². The molecule has 1 rings (SSSR count). The molecule has 1 fully saturated rings. The van der Waals surface area contributed by atoms with Crippen molar-refractivity contribution in [2.24, 2.45) is 16.7 Å². The summed E-state index contributed by atoms with van der Waals surface area (Å²) in [5, 5.41) is 0. The highest BCUT2D eigenvalue weighted by Crippen LogP contribution is 2.26. The fraction of sp³-hybridized carbons (Fsp3) is 0.941. The standard InChI is InChI=1S/C17H33NO/c1-16(2,3)11-15(19)8-7-14-9-10-18(12-14)13-17(4,5)6/h14H,7-13H2,1-6H3. The third-order valence-electron chi connectivity index (χ3n) is 3.63. The Kier molecular flexibility index (Phi) is 5.61. The molecule has 0 saturated carbocycles. The number of likely N-dealkylation sites (tertiary alicyclic amines) is 1. The molecular weight excluding hydrogens is 234 g/mol. The van der Waals surface area contributed by atoms with Gasteiger partial charge >= 0.3 is 0 Å². The molecule has 1 aliphatic rings. The molecule has 1 atom stereocenters. The Hall–Kier alpha value is -0.370. The second kappa shape index (κ2) is 6.39. The number of nitrogens with zero attached hydrogens (tertiary/aromatic N) is 1. The van der Waals surface area contributed by atoms with Crippen LogP contribution >= 0.6 is 0 Å². The topological polar surface area (TPSA) is 20.3 Å². The van der Waals surface area contributed by atoms with Crippen LogP contribution in [0.3, 0.4) is 0 Å². The number of hydrogen-bond donors (Lipinski definition) is 0. The highest BCUT2D eigenvalue weighted by Gasteiger charge is 2.26. The molecular formula is C17H33NO. The maximum Gasteiger partial charge on any atom is 0.133 e. The van der Waals surface area contributed by atoms with E-state index in [9.17, 15) is 4.79 Å². The largest absolute Gasteiger partial charge is 0.303 e. The zero-order chi connectivity index (χ0) is 14.7. The highest BCUT2D eigenvalue weighted by molar-refractivity contribution is 5.78. The van der Waals surface area contributed by atoms with Crippen LogP contribution in [0.15, 0.2) is 0 Å². The van der Waals surface area contributed by atoms with Gasteiger partial charge in [0, 0.05) is 25.9 Å². The molecule has 112 valence electrons. The number of carbonyl (C=O) groups excluding carboxylic acids is 1. The lowest BCUT2D eigenvalue weighted by atomic mass is 9.87. The van der Waals surface area contributed by atoms with E-state index in [2.05, 4.69) is 46.4 Å². The van der Waals surface area contributed by atoms with Crippen LogP contribution in [0, 0.1) is 16.7 Å². The van der Waals surface area contributed by atoms with Crippen molar-refractivity contribution in [2.45, 2.75) is 67.2 Å². The van der Waals surface area contributed by atoms with Crippen LogP contribution < -0.4 is 0 Å². The first-order chi connectivity index (χ1) is 8.55. The van der Waals surface area contributed by atoms with Gasteiger partial charge in [0.2, 0.25) is 0 Å². The predicted molar refractivity (Wildman–Crippen MR) is 82.3 cm³/mol. The number of rotatable bonds is 5. The van der Waals surface area contributed by atoms with Gasteiger partial charge in [0.05, 0.1) is 0 Å². The zero-order valence-corrected chi connectivity index (χ0v) is 13.9. The van der Waals surface area contributed by atoms with E-state index in [4.69, 9.17) is 0 Å². The van der Waals surface area contributed by atoms with E-state index < -0.39 is 0 Å². The summed E-state index contributed by atoms with van der Waals surface area (Å²) in [6.07, 6.45) is 3.88. The van der Waals surface area contributed by atoms with E-state index in [0.717, 1.165) is 25.2 Å². The molecule has 0 N–H and O–H groups in total. The predicted octanol–water partition coefficient (Wildman–Crippen LogP) is 4.14. The summed E-state index contributed by atoms with van der Waals surface area (Å²) in [4.78, 5) is 14.5. The molecule has 0 aromatic carbocycles. The normalized spacial score (nSPS) is 21.9. The molecule has 0 aromatic rings. The van der Waals surface area contributed by atoms with E-state index in [1.807, 2.05) is 0 Å². The smallest absolute Gasteiger partial charge is 0.133 e. The first kappa shape index (κ1) is 16.7. The van der Waals surface area contributed by atoms with E-state index in [-0.39, 0.29) is 5.41 Å². The number of ketones is 1. The van der Waals surface area contributed by atoms with Crippen molar-refractivity contribution in [3.8, 4) is 0 Å². The number of hydrogen-bond acceptors (Lipinski definition) is 2. The Bertz CT molecular complexity index is 295. The van der Waals surface area contributed by atoms with E-state index in [1.165, 1.54) is 26.1 Å². The monoisotopic (exact) mass is 267 g/mol. The van der Waals surface area contributed by atoms with Crippen molar-refractivity contribution in [3.05, 3.63) is 0 Å². The Labute approximate surface area is 119 Å². The second-order valence-corrected chi connectivity index (χ2v) is 8.77. The molecule has 1 aliphatic heterocycles. The van der Waals surface area contributed by atoms with Crippen molar-refractivity contribution < 1.29 is 4.79 Å². The van der Waals surface area contributed by atoms with Gasteiger partial charge in [0.25, 0.3) is 0 Å². The minimum absolute atomic E-state index is 0.144. The van der Waals surface area contributed by atoms with Crippen LogP contribution in [0.5, 0.6) is 0 Å². The maximum absolute atomic E-state index is 11.9. The molecule has 1 saturated heterocycles. The Morgan fingerprint density at radius 2 is 1.74 bits per heavy atom. The third kappa shape index (κ3) is 7.71. The lowest BCUT2D eigenvalue weighted by Gasteiger charge is -2.26. The van der Waals surface area contributed by atoms with Crippen LogP contribution in [0.2, 0.25) is 0 Å². The molecule has 1 unspecified atom stereocenters. The Balaban J connectivity index is 2.24. The third-order valence-corrected chi connectivity index (χ3v) is 3.63. The van der Waals surface area contributed by atoms with Crippen molar-refractivity contribution in [1.82, 2.24) is 4.90 Å². The van der Waals surface area contributed by atoms with Crippen LogP contribution in [0.4, 0.5) is 0 Å². The van der Waals surface area contributed by atoms with Crippen molar-refractivity contribution in [2.75, 3.05) is 19.6 Å². The molecule has 2 nitrogen and oxygen atoms in total. The van der Waals surface area contributed by atoms with Crippen molar-refractivity contribution in [1.29, 1.82) is 0 Å². The number of carbonyl (C=O) groups is 1. The summed E-state index contributed by atoms with van der Waals surface area (Å²) < 4.78 is 0. The minimum Gasteiger partial charge on any atom is -0.303 e. The average molecular weight is 267 g/mol. The summed E-state index contributed by atoms with van der Waals surface area (Å²) in [7, 11) is 0. The lowest BCUT2D eigenvalue weighted by molar-refractivity contribution is -0.121. The summed E-state index contributed by atoms with van der Waals surface area (Å²) in [6, 6.07) is 0. The number of Topliss-reactive ketones (excluding diaryl/α,β-unsaturated/α-hetero) is 1. The maximum atomic E-state index is 11.9. The quantitative estimate of drug-likeness (QED) is 0.746. The van der Waals surface area contributed by atoms with Gasteiger partial charge in [-0.05, 0) is 36.1 Å². The summed E-state index contributed by atoms with van der Waals surface area (Å²) >= 11 is 0. The van der Waals surface area contributed by atoms with Gasteiger partial charge in [-0.2, -0.15) is 0 Å². The fourth-order valence-electron chi connectivity index (χ4n) is 3.01. The molecule has 0 spiro atoms. The molecule has 0 radical (unpaired) electrons. The zero-order valence-electron chi connectivity index (χ0n) is 13.9. The molecule has 0 aliphatic carbocycles. The summed E-state index contributed by atoms with van der Waals surface area (Å²) in [5.41, 5.74) is 0.530. The fourth-order valence-corrected chi connectivity index (χ4v) is 3.01. The Morgan fingerprint density at radius 3 is 2.26 bits per heavy atom. The molecule has 0 aromatic heterocycles. The van der Waals surface area contributed by atoms with Gasteiger partial charge in [-0.25, -0.2) is 0 Å². The van der Waals surface area contributed by atoms with Gasteiger partial charge in [0.15, 0.2) is 0 Å². The second-order valence-electron chi connectivity index (χ2n) is 8.77. The van der Waals surface area contributed by atoms with Crippen LogP contribution in [0.25, 0.3) is 0 Å². The van der Waals surface area contributed by atoms with Crippen LogP contribution in [-0.4, -0.2) is 30.3 Å². The Morgan fingerprint density at radius 1 is 1.11 bits per heavy atom. The molecule has 1 heterocycles. The molecule has 0 bridgehead atoms. The van der Waals surface area contributed by atoms with Crippen molar-refractivity contribution >= 4 is 5.78 Å². The van der Waals surface area contributed by atoms with Gasteiger partial charge in [-0.15, -0.1) is 0 Å². The van der Waals surface area contributed by atoms with Crippen LogP contribution in [0.1, 0.15) is 67.2 Å². The lowest BCUT2D eigenvalue weighted by Crippen LogP contribution is -2.30. The SMILES string of the molecule is CC(C)(C)CC(=O)CCC1CCN(CC(C)(C)C)C1. The van der Waals surface area contributed by atoms with Gasteiger partial charge in [-0.3, -0.25) is 4.79 Å². The van der Waals surface area contributed by atoms with Crippen molar-refractivity contribution in [3.63, 3.8) is 0 Å². The average Bonchev–Trinajstić information content (AvgIpc) is 2.57. The first-order valence-corrected chi connectivity index (χ1v) is 7.79. The summed E-state index contributed by atoms with van der Waals surface area (Å²) in [6.45, 7) is 16.9. The van der Waals surface area contributed by atoms with Gasteiger partial charge in [-0.1, -0.05) is 41.5 Å². The van der Waals surface area contributed by atoms with E-state index >= 15 is 0 Å². The molecule has 2 heteroatoms. The molecule has 0 amide bonds. The van der Waals surface area contributed by atoms with Crippen LogP contribution in [-0.2, 0) is 4.79 Å². The van der Waals surface area contributed by atoms with Gasteiger partial charge < -0.3 is 4.90 Å². The minimum atomic E-state index is 0.144. The highest BCUT2D eigenvalue weighted by atomic mass is 16.1. The molecule has 19 heavy (non-hydrogen) atoms. The van der Waals surface area contributed by atoms with E-state index in [1.54, 1.807) is 0 Å². The first-order valence-electron chi connectivity index (χ1n) is 7.79.